The molecule has 98 valence electrons. The highest BCUT2D eigenvalue weighted by atomic mass is 16.5. The molecule has 1 fully saturated rings. The van der Waals surface area contributed by atoms with Crippen LogP contribution in [0.2, 0.25) is 0 Å². The first-order valence-electron chi connectivity index (χ1n) is 6.49. The lowest BCUT2D eigenvalue weighted by Crippen LogP contribution is -2.32. The van der Waals surface area contributed by atoms with Gasteiger partial charge >= 0.3 is 0 Å². The second-order valence-corrected chi connectivity index (χ2v) is 4.78. The normalized spacial score (nSPS) is 15.6. The highest BCUT2D eigenvalue weighted by Gasteiger charge is 2.15. The van der Waals surface area contributed by atoms with Gasteiger partial charge in [0.1, 0.15) is 5.75 Å². The third-order valence-electron chi connectivity index (χ3n) is 3.34. The summed E-state index contributed by atoms with van der Waals surface area (Å²) >= 11 is 0. The van der Waals surface area contributed by atoms with Crippen molar-refractivity contribution in [3.8, 4) is 5.75 Å². The van der Waals surface area contributed by atoms with Crippen LogP contribution in [0.5, 0.6) is 5.75 Å². The summed E-state index contributed by atoms with van der Waals surface area (Å²) in [5.41, 5.74) is 6.28. The average Bonchev–Trinajstić information content (AvgIpc) is 2.88. The lowest BCUT2D eigenvalue weighted by molar-refractivity contribution is -0.123. The van der Waals surface area contributed by atoms with Gasteiger partial charge in [0.15, 0.2) is 6.61 Å². The summed E-state index contributed by atoms with van der Waals surface area (Å²) in [6.45, 7) is 0.799. The Balaban J connectivity index is 1.69. The van der Waals surface area contributed by atoms with E-state index in [4.69, 9.17) is 10.5 Å². The molecule has 1 amide bonds. The second-order valence-electron chi connectivity index (χ2n) is 4.78. The van der Waals surface area contributed by atoms with Crippen molar-refractivity contribution in [1.82, 2.24) is 5.32 Å². The van der Waals surface area contributed by atoms with Crippen LogP contribution in [0.15, 0.2) is 24.3 Å². The number of para-hydroxylation sites is 2. The van der Waals surface area contributed by atoms with E-state index < -0.39 is 0 Å². The number of rotatable bonds is 5. The minimum absolute atomic E-state index is 0.0287. The maximum atomic E-state index is 11.6. The average molecular weight is 248 g/mol. The Bertz CT molecular complexity index is 401. The van der Waals surface area contributed by atoms with Gasteiger partial charge in [-0.15, -0.1) is 0 Å². The number of anilines is 1. The van der Waals surface area contributed by atoms with E-state index >= 15 is 0 Å². The van der Waals surface area contributed by atoms with Crippen molar-refractivity contribution < 1.29 is 9.53 Å². The van der Waals surface area contributed by atoms with Crippen LogP contribution in [0.25, 0.3) is 0 Å². The second kappa shape index (κ2) is 6.28. The molecule has 0 heterocycles. The molecule has 0 radical (unpaired) electrons. The van der Waals surface area contributed by atoms with Gasteiger partial charge in [0, 0.05) is 6.54 Å². The first-order chi connectivity index (χ1) is 8.75. The zero-order valence-electron chi connectivity index (χ0n) is 10.5. The number of hydrogen-bond donors (Lipinski definition) is 2. The Kier molecular flexibility index (Phi) is 4.45. The van der Waals surface area contributed by atoms with Gasteiger partial charge in [0.2, 0.25) is 0 Å². The largest absolute Gasteiger partial charge is 0.482 e. The van der Waals surface area contributed by atoms with Gasteiger partial charge in [0.25, 0.3) is 5.91 Å². The molecule has 0 saturated heterocycles. The van der Waals surface area contributed by atoms with Crippen molar-refractivity contribution in [3.05, 3.63) is 24.3 Å². The SMILES string of the molecule is Nc1ccccc1OCC(=O)NCC1CCCC1. The van der Waals surface area contributed by atoms with Crippen LogP contribution in [-0.2, 0) is 4.79 Å². The van der Waals surface area contributed by atoms with Crippen LogP contribution in [0.3, 0.4) is 0 Å². The van der Waals surface area contributed by atoms with E-state index in [1.807, 2.05) is 12.1 Å². The van der Waals surface area contributed by atoms with Gasteiger partial charge in [-0.25, -0.2) is 0 Å². The van der Waals surface area contributed by atoms with Crippen molar-refractivity contribution >= 4 is 11.6 Å². The smallest absolute Gasteiger partial charge is 0.257 e. The fraction of sp³-hybridized carbons (Fsp3) is 0.500. The van der Waals surface area contributed by atoms with Gasteiger partial charge in [0.05, 0.1) is 5.69 Å². The summed E-state index contributed by atoms with van der Waals surface area (Å²) < 4.78 is 5.38. The van der Waals surface area contributed by atoms with E-state index in [1.54, 1.807) is 12.1 Å². The molecule has 2 rings (SSSR count). The monoisotopic (exact) mass is 248 g/mol. The molecular weight excluding hydrogens is 228 g/mol. The molecule has 1 saturated carbocycles. The fourth-order valence-corrected chi connectivity index (χ4v) is 2.28. The number of carbonyl (C=O) groups excluding carboxylic acids is 1. The summed E-state index contributed by atoms with van der Waals surface area (Å²) in [7, 11) is 0. The molecule has 1 aliphatic rings. The number of ether oxygens (including phenoxy) is 1. The molecule has 0 unspecified atom stereocenters. The zero-order chi connectivity index (χ0) is 12.8. The van der Waals surface area contributed by atoms with Gasteiger partial charge < -0.3 is 15.8 Å². The van der Waals surface area contributed by atoms with Crippen molar-refractivity contribution in [3.63, 3.8) is 0 Å². The molecule has 0 aliphatic heterocycles. The third-order valence-corrected chi connectivity index (χ3v) is 3.34. The van der Waals surface area contributed by atoms with Crippen LogP contribution < -0.4 is 15.8 Å². The molecule has 0 aromatic heterocycles. The maximum absolute atomic E-state index is 11.6. The van der Waals surface area contributed by atoms with Gasteiger partial charge in [-0.2, -0.15) is 0 Å². The quantitative estimate of drug-likeness (QED) is 0.783. The van der Waals surface area contributed by atoms with E-state index in [-0.39, 0.29) is 12.5 Å². The van der Waals surface area contributed by atoms with Crippen LogP contribution in [0.4, 0.5) is 5.69 Å². The number of hydrogen-bond acceptors (Lipinski definition) is 3. The molecule has 0 atom stereocenters. The molecule has 3 N–H and O–H groups in total. The Morgan fingerprint density at radius 1 is 1.33 bits per heavy atom. The lowest BCUT2D eigenvalue weighted by atomic mass is 10.1. The van der Waals surface area contributed by atoms with Crippen molar-refractivity contribution in [2.24, 2.45) is 5.92 Å². The molecule has 0 spiro atoms. The first kappa shape index (κ1) is 12.7. The maximum Gasteiger partial charge on any atom is 0.257 e. The Labute approximate surface area is 108 Å². The summed E-state index contributed by atoms with van der Waals surface area (Å²) in [6, 6.07) is 7.19. The molecule has 0 bridgehead atoms. The third kappa shape index (κ3) is 3.65. The van der Waals surface area contributed by atoms with Gasteiger partial charge in [-0.3, -0.25) is 4.79 Å². The highest BCUT2D eigenvalue weighted by Crippen LogP contribution is 2.23. The molecule has 1 aromatic carbocycles. The molecule has 4 heteroatoms. The Morgan fingerprint density at radius 3 is 2.78 bits per heavy atom. The molecule has 1 aliphatic carbocycles. The van der Waals surface area contributed by atoms with E-state index in [2.05, 4.69) is 5.32 Å². The Hall–Kier alpha value is -1.71. The van der Waals surface area contributed by atoms with Crippen molar-refractivity contribution in [2.45, 2.75) is 25.7 Å². The predicted octanol–water partition coefficient (Wildman–Crippen LogP) is 1.95. The minimum Gasteiger partial charge on any atom is -0.482 e. The summed E-state index contributed by atoms with van der Waals surface area (Å²) in [5, 5.41) is 2.91. The van der Waals surface area contributed by atoms with E-state index in [0.717, 1.165) is 6.54 Å². The fourth-order valence-electron chi connectivity index (χ4n) is 2.28. The summed E-state index contributed by atoms with van der Waals surface area (Å²) in [5.74, 6) is 1.13. The standard InChI is InChI=1S/C14H20N2O2/c15-12-7-3-4-8-13(12)18-10-14(17)16-9-11-5-1-2-6-11/h3-4,7-8,11H,1-2,5-6,9-10,15H2,(H,16,17). The Morgan fingerprint density at radius 2 is 2.06 bits per heavy atom. The topological polar surface area (TPSA) is 64.3 Å². The number of amides is 1. The lowest BCUT2D eigenvalue weighted by Gasteiger charge is -2.12. The first-order valence-corrected chi connectivity index (χ1v) is 6.49. The molecule has 18 heavy (non-hydrogen) atoms. The predicted molar refractivity (Wildman–Crippen MR) is 71.3 cm³/mol. The van der Waals surface area contributed by atoms with Gasteiger partial charge in [-0.1, -0.05) is 25.0 Å². The van der Waals surface area contributed by atoms with Crippen LogP contribution in [-0.4, -0.2) is 19.1 Å². The number of carbonyl (C=O) groups is 1. The summed E-state index contributed by atoms with van der Waals surface area (Å²) in [6.07, 6.45) is 5.04. The van der Waals surface area contributed by atoms with Crippen molar-refractivity contribution in [2.75, 3.05) is 18.9 Å². The number of nitrogens with one attached hydrogen (secondary N) is 1. The van der Waals surface area contributed by atoms with Crippen LogP contribution in [0.1, 0.15) is 25.7 Å². The number of nitrogens with two attached hydrogens (primary N) is 1. The highest BCUT2D eigenvalue weighted by molar-refractivity contribution is 5.77. The van der Waals surface area contributed by atoms with E-state index in [0.29, 0.717) is 17.4 Å². The van der Waals surface area contributed by atoms with E-state index in [9.17, 15) is 4.79 Å². The van der Waals surface area contributed by atoms with Crippen molar-refractivity contribution in [1.29, 1.82) is 0 Å². The van der Waals surface area contributed by atoms with E-state index in [1.165, 1.54) is 25.7 Å². The minimum atomic E-state index is -0.0786. The number of nitrogen functional groups attached to an aromatic ring is 1. The summed E-state index contributed by atoms with van der Waals surface area (Å²) in [4.78, 5) is 11.6. The van der Waals surface area contributed by atoms with Crippen LogP contribution in [0, 0.1) is 5.92 Å². The molecular formula is C14H20N2O2. The van der Waals surface area contributed by atoms with Crippen LogP contribution >= 0.6 is 0 Å². The molecule has 4 nitrogen and oxygen atoms in total. The molecule has 1 aromatic rings. The van der Waals surface area contributed by atoms with Gasteiger partial charge in [-0.05, 0) is 30.9 Å². The zero-order valence-corrected chi connectivity index (χ0v) is 10.5. The number of benzene rings is 1.